The number of hydrogen-bond donors (Lipinski definition) is 2. The maximum Gasteiger partial charge on any atom is 0.0812 e. The van der Waals surface area contributed by atoms with Crippen LogP contribution in [-0.2, 0) is 6.42 Å². The SMILES string of the molecule is N[C@@H]1NCCc2ccccc21. The Morgan fingerprint density at radius 1 is 1.36 bits per heavy atom. The highest BCUT2D eigenvalue weighted by Crippen LogP contribution is 2.17. The number of benzene rings is 1. The molecule has 1 aliphatic heterocycles. The second-order valence-corrected chi connectivity index (χ2v) is 2.88. The lowest BCUT2D eigenvalue weighted by molar-refractivity contribution is 0.521. The van der Waals surface area contributed by atoms with E-state index in [0.29, 0.717) is 0 Å². The zero-order valence-corrected chi connectivity index (χ0v) is 6.38. The van der Waals surface area contributed by atoms with E-state index in [0.717, 1.165) is 13.0 Å². The minimum atomic E-state index is 0.0416. The molecule has 0 spiro atoms. The van der Waals surface area contributed by atoms with Gasteiger partial charge in [0.1, 0.15) is 0 Å². The molecule has 0 bridgehead atoms. The summed E-state index contributed by atoms with van der Waals surface area (Å²) in [6.45, 7) is 0.998. The zero-order valence-electron chi connectivity index (χ0n) is 6.38. The quantitative estimate of drug-likeness (QED) is 0.571. The average Bonchev–Trinajstić information content (AvgIpc) is 2.06. The van der Waals surface area contributed by atoms with E-state index in [1.807, 2.05) is 6.07 Å². The van der Waals surface area contributed by atoms with Gasteiger partial charge in [-0.05, 0) is 17.5 Å². The summed E-state index contributed by atoms with van der Waals surface area (Å²) in [7, 11) is 0. The van der Waals surface area contributed by atoms with Crippen molar-refractivity contribution < 1.29 is 0 Å². The molecule has 0 unspecified atom stereocenters. The molecule has 1 heterocycles. The first-order chi connectivity index (χ1) is 5.38. The van der Waals surface area contributed by atoms with Crippen LogP contribution in [0.3, 0.4) is 0 Å². The Kier molecular flexibility index (Phi) is 1.64. The Bertz CT molecular complexity index is 257. The molecule has 11 heavy (non-hydrogen) atoms. The van der Waals surface area contributed by atoms with E-state index in [9.17, 15) is 0 Å². The van der Waals surface area contributed by atoms with Crippen LogP contribution in [0.25, 0.3) is 0 Å². The van der Waals surface area contributed by atoms with Crippen LogP contribution in [0.15, 0.2) is 24.3 Å². The van der Waals surface area contributed by atoms with Gasteiger partial charge in [0.05, 0.1) is 6.17 Å². The summed E-state index contributed by atoms with van der Waals surface area (Å²) in [5, 5.41) is 3.22. The molecule has 3 N–H and O–H groups in total. The van der Waals surface area contributed by atoms with Gasteiger partial charge in [-0.2, -0.15) is 0 Å². The van der Waals surface area contributed by atoms with E-state index in [1.54, 1.807) is 0 Å². The van der Waals surface area contributed by atoms with Gasteiger partial charge >= 0.3 is 0 Å². The van der Waals surface area contributed by atoms with Crippen LogP contribution in [0.4, 0.5) is 0 Å². The lowest BCUT2D eigenvalue weighted by atomic mass is 9.99. The molecule has 0 radical (unpaired) electrons. The summed E-state index contributed by atoms with van der Waals surface area (Å²) in [5.74, 6) is 0. The van der Waals surface area contributed by atoms with Crippen LogP contribution < -0.4 is 11.1 Å². The van der Waals surface area contributed by atoms with Gasteiger partial charge in [-0.3, -0.25) is 5.32 Å². The fraction of sp³-hybridized carbons (Fsp3) is 0.333. The Balaban J connectivity index is 2.44. The Morgan fingerprint density at radius 2 is 2.18 bits per heavy atom. The van der Waals surface area contributed by atoms with Crippen LogP contribution >= 0.6 is 0 Å². The Morgan fingerprint density at radius 3 is 3.00 bits per heavy atom. The summed E-state index contributed by atoms with van der Waals surface area (Å²) in [4.78, 5) is 0. The minimum Gasteiger partial charge on any atom is -0.312 e. The largest absolute Gasteiger partial charge is 0.312 e. The molecule has 0 aliphatic carbocycles. The normalized spacial score (nSPS) is 22.8. The van der Waals surface area contributed by atoms with Gasteiger partial charge in [-0.15, -0.1) is 0 Å². The van der Waals surface area contributed by atoms with Gasteiger partial charge in [0.2, 0.25) is 0 Å². The maximum atomic E-state index is 5.84. The number of fused-ring (bicyclic) bond motifs is 1. The molecule has 1 aromatic rings. The van der Waals surface area contributed by atoms with E-state index in [-0.39, 0.29) is 6.17 Å². The van der Waals surface area contributed by atoms with Crippen molar-refractivity contribution in [3.05, 3.63) is 35.4 Å². The smallest absolute Gasteiger partial charge is 0.0812 e. The summed E-state index contributed by atoms with van der Waals surface area (Å²) in [5.41, 5.74) is 8.47. The molecule has 0 amide bonds. The van der Waals surface area contributed by atoms with E-state index < -0.39 is 0 Å². The first-order valence-corrected chi connectivity index (χ1v) is 3.95. The van der Waals surface area contributed by atoms with E-state index in [2.05, 4.69) is 23.5 Å². The number of nitrogens with two attached hydrogens (primary N) is 1. The van der Waals surface area contributed by atoms with Gasteiger partial charge in [0, 0.05) is 6.54 Å². The van der Waals surface area contributed by atoms with Crippen molar-refractivity contribution in [3.8, 4) is 0 Å². The predicted octanol–water partition coefficient (Wildman–Crippen LogP) is 0.790. The summed E-state index contributed by atoms with van der Waals surface area (Å²) in [6, 6.07) is 8.34. The van der Waals surface area contributed by atoms with Crippen molar-refractivity contribution in [1.29, 1.82) is 0 Å². The van der Waals surface area contributed by atoms with Crippen molar-refractivity contribution in [3.63, 3.8) is 0 Å². The summed E-state index contributed by atoms with van der Waals surface area (Å²) < 4.78 is 0. The van der Waals surface area contributed by atoms with Crippen molar-refractivity contribution >= 4 is 0 Å². The van der Waals surface area contributed by atoms with Crippen LogP contribution in [0, 0.1) is 0 Å². The first-order valence-electron chi connectivity index (χ1n) is 3.95. The molecule has 1 aliphatic rings. The minimum absolute atomic E-state index is 0.0416. The lowest BCUT2D eigenvalue weighted by Gasteiger charge is -2.23. The number of nitrogens with one attached hydrogen (secondary N) is 1. The van der Waals surface area contributed by atoms with Crippen molar-refractivity contribution in [2.45, 2.75) is 12.6 Å². The fourth-order valence-electron chi connectivity index (χ4n) is 1.54. The highest BCUT2D eigenvalue weighted by molar-refractivity contribution is 5.31. The highest BCUT2D eigenvalue weighted by Gasteiger charge is 2.13. The topological polar surface area (TPSA) is 38.0 Å². The Labute approximate surface area is 66.4 Å². The lowest BCUT2D eigenvalue weighted by Crippen LogP contribution is -2.35. The van der Waals surface area contributed by atoms with E-state index >= 15 is 0 Å². The van der Waals surface area contributed by atoms with Crippen molar-refractivity contribution in [1.82, 2.24) is 5.32 Å². The van der Waals surface area contributed by atoms with E-state index in [1.165, 1.54) is 11.1 Å². The summed E-state index contributed by atoms with van der Waals surface area (Å²) >= 11 is 0. The molecule has 2 rings (SSSR count). The summed E-state index contributed by atoms with van der Waals surface area (Å²) in [6.07, 6.45) is 1.14. The van der Waals surface area contributed by atoms with Crippen molar-refractivity contribution in [2.75, 3.05) is 6.54 Å². The van der Waals surface area contributed by atoms with Crippen LogP contribution in [0.5, 0.6) is 0 Å². The molecular weight excluding hydrogens is 136 g/mol. The molecule has 58 valence electrons. The third-order valence-electron chi connectivity index (χ3n) is 2.15. The molecule has 0 aromatic heterocycles. The highest BCUT2D eigenvalue weighted by atomic mass is 15.0. The second-order valence-electron chi connectivity index (χ2n) is 2.88. The fourth-order valence-corrected chi connectivity index (χ4v) is 1.54. The zero-order chi connectivity index (χ0) is 7.68. The molecule has 0 saturated heterocycles. The van der Waals surface area contributed by atoms with Crippen LogP contribution in [0.1, 0.15) is 17.3 Å². The third kappa shape index (κ3) is 1.15. The average molecular weight is 148 g/mol. The molecular formula is C9H12N2. The molecule has 0 fully saturated rings. The molecule has 1 atom stereocenters. The molecule has 0 saturated carbocycles. The van der Waals surface area contributed by atoms with Crippen LogP contribution in [0.2, 0.25) is 0 Å². The number of rotatable bonds is 0. The van der Waals surface area contributed by atoms with Gasteiger partial charge in [0.15, 0.2) is 0 Å². The monoisotopic (exact) mass is 148 g/mol. The van der Waals surface area contributed by atoms with E-state index in [4.69, 9.17) is 5.73 Å². The number of hydrogen-bond acceptors (Lipinski definition) is 2. The molecule has 2 nitrogen and oxygen atoms in total. The predicted molar refractivity (Wildman–Crippen MR) is 45.1 cm³/mol. The first kappa shape index (κ1) is 6.83. The van der Waals surface area contributed by atoms with Gasteiger partial charge < -0.3 is 5.73 Å². The maximum absolute atomic E-state index is 5.84. The van der Waals surface area contributed by atoms with Crippen LogP contribution in [-0.4, -0.2) is 6.54 Å². The molecule has 1 aromatic carbocycles. The Hall–Kier alpha value is -0.860. The molecule has 2 heteroatoms. The van der Waals surface area contributed by atoms with Gasteiger partial charge in [-0.1, -0.05) is 24.3 Å². The van der Waals surface area contributed by atoms with Crippen molar-refractivity contribution in [2.24, 2.45) is 5.73 Å². The van der Waals surface area contributed by atoms with Gasteiger partial charge in [-0.25, -0.2) is 0 Å². The second kappa shape index (κ2) is 2.64. The van der Waals surface area contributed by atoms with Gasteiger partial charge in [0.25, 0.3) is 0 Å². The standard InChI is InChI=1S/C9H12N2/c10-9-8-4-2-1-3-7(8)5-6-11-9/h1-4,9,11H,5-6,10H2/t9-/m1/s1. The third-order valence-corrected chi connectivity index (χ3v) is 2.15.